The van der Waals surface area contributed by atoms with Crippen LogP contribution in [0.3, 0.4) is 0 Å². The molecule has 21 heavy (non-hydrogen) atoms. The van der Waals surface area contributed by atoms with Crippen molar-refractivity contribution in [2.24, 2.45) is 0 Å². The second-order valence-corrected chi connectivity index (χ2v) is 6.28. The lowest BCUT2D eigenvalue weighted by Gasteiger charge is -2.34. The molecule has 1 fully saturated rings. The number of piperidine rings is 1. The molecule has 1 aromatic carbocycles. The Morgan fingerprint density at radius 3 is 2.95 bits per heavy atom. The second-order valence-electron chi connectivity index (χ2n) is 6.28. The highest BCUT2D eigenvalue weighted by Crippen LogP contribution is 2.33. The van der Waals surface area contributed by atoms with Crippen LogP contribution in [0.5, 0.6) is 5.75 Å². The van der Waals surface area contributed by atoms with Crippen LogP contribution in [-0.4, -0.2) is 29.8 Å². The molecule has 1 N–H and O–H groups in total. The van der Waals surface area contributed by atoms with Crippen molar-refractivity contribution < 1.29 is 4.74 Å². The van der Waals surface area contributed by atoms with E-state index in [4.69, 9.17) is 9.72 Å². The van der Waals surface area contributed by atoms with Crippen LogP contribution >= 0.6 is 0 Å². The molecule has 0 spiro atoms. The van der Waals surface area contributed by atoms with E-state index in [0.717, 1.165) is 37.3 Å². The van der Waals surface area contributed by atoms with E-state index in [9.17, 15) is 0 Å². The van der Waals surface area contributed by atoms with E-state index >= 15 is 0 Å². The first kappa shape index (κ1) is 14.4. The van der Waals surface area contributed by atoms with Crippen molar-refractivity contribution in [1.82, 2.24) is 14.9 Å². The molecule has 4 heteroatoms. The van der Waals surface area contributed by atoms with Crippen LogP contribution in [0.25, 0.3) is 11.0 Å². The van der Waals surface area contributed by atoms with Gasteiger partial charge in [0.2, 0.25) is 0 Å². The average Bonchev–Trinajstić information content (AvgIpc) is 2.87. The van der Waals surface area contributed by atoms with Gasteiger partial charge in [0, 0.05) is 24.6 Å². The highest BCUT2D eigenvalue weighted by Gasteiger charge is 2.33. The van der Waals surface area contributed by atoms with Gasteiger partial charge in [0.15, 0.2) is 0 Å². The van der Waals surface area contributed by atoms with Gasteiger partial charge in [-0.3, -0.25) is 0 Å². The second kappa shape index (κ2) is 5.68. The van der Waals surface area contributed by atoms with Gasteiger partial charge in [-0.15, -0.1) is 0 Å². The Morgan fingerprint density at radius 1 is 1.43 bits per heavy atom. The molecule has 0 bridgehead atoms. The Labute approximate surface area is 126 Å². The summed E-state index contributed by atoms with van der Waals surface area (Å²) in [4.78, 5) is 4.98. The molecule has 0 amide bonds. The Morgan fingerprint density at radius 2 is 2.29 bits per heavy atom. The standard InChI is InChI=1S/C17H25N3O/c1-4-10-20-15-7-6-13(21-3)11-14(15)19-16(20)17(2)8-5-9-18-12-17/h6-7,11,18H,4-5,8-10,12H2,1-3H3. The number of fused-ring (bicyclic) bond motifs is 1. The predicted molar refractivity (Wildman–Crippen MR) is 86.0 cm³/mol. The van der Waals surface area contributed by atoms with Crippen molar-refractivity contribution in [2.75, 3.05) is 20.2 Å². The van der Waals surface area contributed by atoms with Crippen molar-refractivity contribution in [3.8, 4) is 5.75 Å². The molecule has 2 heterocycles. The molecule has 4 nitrogen and oxygen atoms in total. The Bertz CT molecular complexity index is 626. The fraction of sp³-hybridized carbons (Fsp3) is 0.588. The first-order valence-corrected chi connectivity index (χ1v) is 7.93. The largest absolute Gasteiger partial charge is 0.497 e. The van der Waals surface area contributed by atoms with Gasteiger partial charge in [0.25, 0.3) is 0 Å². The van der Waals surface area contributed by atoms with Gasteiger partial charge in [-0.05, 0) is 37.9 Å². The fourth-order valence-electron chi connectivity index (χ4n) is 3.39. The first-order valence-electron chi connectivity index (χ1n) is 7.93. The number of methoxy groups -OCH3 is 1. The van der Waals surface area contributed by atoms with Gasteiger partial charge >= 0.3 is 0 Å². The molecule has 1 aliphatic heterocycles. The third kappa shape index (κ3) is 2.53. The molecule has 1 saturated heterocycles. The molecule has 0 saturated carbocycles. The van der Waals surface area contributed by atoms with Gasteiger partial charge in [0.05, 0.1) is 18.1 Å². The number of hydrogen-bond acceptors (Lipinski definition) is 3. The lowest BCUT2D eigenvalue weighted by atomic mass is 9.82. The maximum atomic E-state index is 5.34. The summed E-state index contributed by atoms with van der Waals surface area (Å²) >= 11 is 0. The molecule has 114 valence electrons. The van der Waals surface area contributed by atoms with E-state index in [2.05, 4.69) is 29.8 Å². The SMILES string of the molecule is CCCn1c(C2(C)CCCNC2)nc2cc(OC)ccc21. The van der Waals surface area contributed by atoms with E-state index in [1.54, 1.807) is 7.11 Å². The summed E-state index contributed by atoms with van der Waals surface area (Å²) < 4.78 is 7.74. The molecule has 0 radical (unpaired) electrons. The van der Waals surface area contributed by atoms with Crippen LogP contribution in [0.1, 0.15) is 38.9 Å². The third-order valence-corrected chi connectivity index (χ3v) is 4.54. The molecular weight excluding hydrogens is 262 g/mol. The van der Waals surface area contributed by atoms with Gasteiger partial charge in [0.1, 0.15) is 11.6 Å². The average molecular weight is 287 g/mol. The summed E-state index contributed by atoms with van der Waals surface area (Å²) in [6.45, 7) is 7.71. The number of benzene rings is 1. The maximum absolute atomic E-state index is 5.34. The monoisotopic (exact) mass is 287 g/mol. The topological polar surface area (TPSA) is 39.1 Å². The quantitative estimate of drug-likeness (QED) is 0.939. The minimum atomic E-state index is 0.125. The molecule has 1 unspecified atom stereocenters. The highest BCUT2D eigenvalue weighted by molar-refractivity contribution is 5.78. The molecule has 1 aliphatic rings. The lowest BCUT2D eigenvalue weighted by Crippen LogP contribution is -2.42. The fourth-order valence-corrected chi connectivity index (χ4v) is 3.39. The minimum Gasteiger partial charge on any atom is -0.497 e. The molecular formula is C17H25N3O. The molecule has 2 aromatic rings. The van der Waals surface area contributed by atoms with E-state index < -0.39 is 0 Å². The summed E-state index contributed by atoms with van der Waals surface area (Å²) in [6.07, 6.45) is 3.54. The van der Waals surface area contributed by atoms with Crippen LogP contribution in [0.4, 0.5) is 0 Å². The number of rotatable bonds is 4. The third-order valence-electron chi connectivity index (χ3n) is 4.54. The van der Waals surface area contributed by atoms with Crippen molar-refractivity contribution in [1.29, 1.82) is 0 Å². The molecule has 1 atom stereocenters. The van der Waals surface area contributed by atoms with E-state index in [-0.39, 0.29) is 5.41 Å². The van der Waals surface area contributed by atoms with Crippen LogP contribution in [-0.2, 0) is 12.0 Å². The van der Waals surface area contributed by atoms with Crippen LogP contribution in [0.15, 0.2) is 18.2 Å². The van der Waals surface area contributed by atoms with Gasteiger partial charge in [-0.1, -0.05) is 13.8 Å². The van der Waals surface area contributed by atoms with Crippen molar-refractivity contribution in [3.05, 3.63) is 24.0 Å². The maximum Gasteiger partial charge on any atom is 0.121 e. The Hall–Kier alpha value is -1.55. The van der Waals surface area contributed by atoms with Crippen LogP contribution in [0.2, 0.25) is 0 Å². The Balaban J connectivity index is 2.13. The zero-order valence-electron chi connectivity index (χ0n) is 13.3. The summed E-state index contributed by atoms with van der Waals surface area (Å²) in [5.41, 5.74) is 2.39. The highest BCUT2D eigenvalue weighted by atomic mass is 16.5. The molecule has 3 rings (SSSR count). The van der Waals surface area contributed by atoms with Crippen molar-refractivity contribution in [3.63, 3.8) is 0 Å². The summed E-state index contributed by atoms with van der Waals surface area (Å²) in [5, 5.41) is 3.53. The van der Waals surface area contributed by atoms with Gasteiger partial charge in [-0.2, -0.15) is 0 Å². The summed E-state index contributed by atoms with van der Waals surface area (Å²) in [6, 6.07) is 6.21. The Kier molecular flexibility index (Phi) is 3.89. The van der Waals surface area contributed by atoms with Crippen LogP contribution < -0.4 is 10.1 Å². The van der Waals surface area contributed by atoms with Crippen molar-refractivity contribution in [2.45, 2.75) is 45.1 Å². The van der Waals surface area contributed by atoms with E-state index in [1.807, 2.05) is 12.1 Å². The molecule has 0 aliphatic carbocycles. The zero-order chi connectivity index (χ0) is 14.9. The zero-order valence-corrected chi connectivity index (χ0v) is 13.3. The number of aryl methyl sites for hydroxylation is 1. The number of ether oxygens (including phenoxy) is 1. The first-order chi connectivity index (χ1) is 10.2. The van der Waals surface area contributed by atoms with Crippen LogP contribution in [0, 0.1) is 0 Å². The summed E-state index contributed by atoms with van der Waals surface area (Å²) in [7, 11) is 1.71. The van der Waals surface area contributed by atoms with E-state index in [0.29, 0.717) is 0 Å². The number of nitrogens with zero attached hydrogens (tertiary/aromatic N) is 2. The van der Waals surface area contributed by atoms with Gasteiger partial charge in [-0.25, -0.2) is 4.98 Å². The number of hydrogen-bond donors (Lipinski definition) is 1. The molecule has 1 aromatic heterocycles. The minimum absolute atomic E-state index is 0.125. The van der Waals surface area contributed by atoms with Gasteiger partial charge < -0.3 is 14.6 Å². The number of nitrogens with one attached hydrogen (secondary N) is 1. The smallest absolute Gasteiger partial charge is 0.121 e. The van der Waals surface area contributed by atoms with Crippen molar-refractivity contribution >= 4 is 11.0 Å². The summed E-state index contributed by atoms with van der Waals surface area (Å²) in [5.74, 6) is 2.10. The number of imidazole rings is 1. The number of aromatic nitrogens is 2. The lowest BCUT2D eigenvalue weighted by molar-refractivity contribution is 0.314. The normalized spacial score (nSPS) is 22.6. The predicted octanol–water partition coefficient (Wildman–Crippen LogP) is 3.10. The van der Waals surface area contributed by atoms with E-state index in [1.165, 1.54) is 24.2 Å².